The Labute approximate surface area is 200 Å². The number of thioether (sulfide) groups is 1. The van der Waals surface area contributed by atoms with Crippen molar-refractivity contribution in [1.29, 1.82) is 0 Å². The van der Waals surface area contributed by atoms with Gasteiger partial charge < -0.3 is 5.32 Å². The Balaban J connectivity index is 1.36. The summed E-state index contributed by atoms with van der Waals surface area (Å²) in [6, 6.07) is 32.1. The lowest BCUT2D eigenvalue weighted by Crippen LogP contribution is -2.30. The molecule has 0 spiro atoms. The first kappa shape index (κ1) is 21.4. The van der Waals surface area contributed by atoms with Gasteiger partial charge in [-0.3, -0.25) is 4.79 Å². The number of aromatic nitrogens is 2. The van der Waals surface area contributed by atoms with Crippen LogP contribution in [0.2, 0.25) is 0 Å². The third kappa shape index (κ3) is 4.82. The van der Waals surface area contributed by atoms with Gasteiger partial charge in [-0.2, -0.15) is 0 Å². The van der Waals surface area contributed by atoms with E-state index in [2.05, 4.69) is 27.6 Å². The molecule has 6 heteroatoms. The first-order valence-electron chi connectivity index (χ1n) is 10.6. The third-order valence-corrected chi connectivity index (χ3v) is 7.23. The second kappa shape index (κ2) is 9.98. The van der Waals surface area contributed by atoms with Crippen molar-refractivity contribution in [3.05, 3.63) is 113 Å². The molecule has 0 aliphatic rings. The fourth-order valence-electron chi connectivity index (χ4n) is 3.75. The summed E-state index contributed by atoms with van der Waals surface area (Å²) in [6.07, 6.45) is 0. The molecule has 2 aromatic heterocycles. The molecule has 1 N–H and O–H groups in total. The Hall–Kier alpha value is -3.48. The van der Waals surface area contributed by atoms with Crippen LogP contribution in [0.1, 0.15) is 16.5 Å². The summed E-state index contributed by atoms with van der Waals surface area (Å²) in [7, 11) is 0. The Kier molecular flexibility index (Phi) is 6.46. The summed E-state index contributed by atoms with van der Waals surface area (Å²) in [6.45, 7) is 0. The number of amides is 1. The second-order valence-corrected chi connectivity index (χ2v) is 9.42. The van der Waals surface area contributed by atoms with Crippen molar-refractivity contribution in [1.82, 2.24) is 15.5 Å². The quantitative estimate of drug-likeness (QED) is 0.283. The van der Waals surface area contributed by atoms with Crippen molar-refractivity contribution >= 4 is 39.8 Å². The summed E-state index contributed by atoms with van der Waals surface area (Å²) in [5, 5.41) is 17.0. The van der Waals surface area contributed by atoms with Gasteiger partial charge in [-0.25, -0.2) is 0 Å². The first-order chi connectivity index (χ1) is 16.3. The molecule has 0 aliphatic heterocycles. The molecule has 3 aromatic carbocycles. The number of nitrogens with zero attached hydrogens (tertiary/aromatic N) is 2. The van der Waals surface area contributed by atoms with Crippen molar-refractivity contribution in [2.24, 2.45) is 0 Å². The van der Waals surface area contributed by atoms with Crippen LogP contribution in [-0.2, 0) is 4.79 Å². The topological polar surface area (TPSA) is 54.9 Å². The van der Waals surface area contributed by atoms with E-state index in [0.29, 0.717) is 0 Å². The summed E-state index contributed by atoms with van der Waals surface area (Å²) in [5.41, 5.74) is 2.94. The molecule has 162 valence electrons. The van der Waals surface area contributed by atoms with Crippen LogP contribution < -0.4 is 5.32 Å². The van der Waals surface area contributed by atoms with E-state index in [9.17, 15) is 4.79 Å². The fourth-order valence-corrected chi connectivity index (χ4v) is 5.34. The molecule has 0 saturated heterocycles. The molecule has 33 heavy (non-hydrogen) atoms. The van der Waals surface area contributed by atoms with Crippen molar-refractivity contribution in [3.63, 3.8) is 0 Å². The number of nitrogens with one attached hydrogen (secondary N) is 1. The number of carbonyl (C=O) groups is 1. The Morgan fingerprint density at radius 2 is 1.52 bits per heavy atom. The molecular weight excluding hydrogens is 446 g/mol. The van der Waals surface area contributed by atoms with Crippen molar-refractivity contribution in [2.45, 2.75) is 11.1 Å². The summed E-state index contributed by atoms with van der Waals surface area (Å²) < 4.78 is 0. The zero-order valence-electron chi connectivity index (χ0n) is 17.7. The van der Waals surface area contributed by atoms with Gasteiger partial charge in [-0.15, -0.1) is 21.5 Å². The van der Waals surface area contributed by atoms with Gasteiger partial charge in [0.15, 0.2) is 0 Å². The molecule has 0 radical (unpaired) electrons. The normalized spacial score (nSPS) is 11.9. The average Bonchev–Trinajstić information content (AvgIpc) is 3.41. The molecule has 0 bridgehead atoms. The largest absolute Gasteiger partial charge is 0.344 e. The molecular formula is C27H21N3OS2. The molecule has 1 unspecified atom stereocenters. The molecule has 1 amide bonds. The van der Waals surface area contributed by atoms with E-state index >= 15 is 0 Å². The first-order valence-corrected chi connectivity index (χ1v) is 12.5. The van der Waals surface area contributed by atoms with E-state index in [1.165, 1.54) is 11.8 Å². The van der Waals surface area contributed by atoms with Crippen LogP contribution in [0.5, 0.6) is 0 Å². The van der Waals surface area contributed by atoms with Gasteiger partial charge in [0.1, 0.15) is 10.7 Å². The molecule has 0 saturated carbocycles. The van der Waals surface area contributed by atoms with E-state index in [0.717, 1.165) is 37.5 Å². The lowest BCUT2D eigenvalue weighted by molar-refractivity contribution is -0.119. The molecule has 0 aliphatic carbocycles. The number of thiophene rings is 1. The molecule has 2 heterocycles. The monoisotopic (exact) mass is 467 g/mol. The van der Waals surface area contributed by atoms with E-state index in [1.54, 1.807) is 11.3 Å². The summed E-state index contributed by atoms with van der Waals surface area (Å²) in [5.74, 6) is 0.221. The van der Waals surface area contributed by atoms with Crippen LogP contribution in [0.3, 0.4) is 0 Å². The zero-order chi connectivity index (χ0) is 22.5. The summed E-state index contributed by atoms with van der Waals surface area (Å²) in [4.78, 5) is 14.1. The zero-order valence-corrected chi connectivity index (χ0v) is 19.4. The molecule has 4 nitrogen and oxygen atoms in total. The number of benzene rings is 3. The summed E-state index contributed by atoms with van der Waals surface area (Å²) >= 11 is 3.05. The highest BCUT2D eigenvalue weighted by Gasteiger charge is 2.19. The van der Waals surface area contributed by atoms with Gasteiger partial charge in [-0.1, -0.05) is 103 Å². The third-order valence-electron chi connectivity index (χ3n) is 5.31. The smallest absolute Gasteiger partial charge is 0.231 e. The minimum atomic E-state index is -0.164. The van der Waals surface area contributed by atoms with Gasteiger partial charge in [0.2, 0.25) is 5.91 Å². The minimum absolute atomic E-state index is 0.0414. The Bertz CT molecular complexity index is 1360. The highest BCUT2D eigenvalue weighted by atomic mass is 32.2. The lowest BCUT2D eigenvalue weighted by atomic mass is 10.1. The van der Waals surface area contributed by atoms with Crippen LogP contribution in [-0.4, -0.2) is 21.9 Å². The van der Waals surface area contributed by atoms with E-state index < -0.39 is 0 Å². The van der Waals surface area contributed by atoms with Crippen LogP contribution in [0.15, 0.2) is 107 Å². The maximum atomic E-state index is 12.9. The molecule has 1 atom stereocenters. The van der Waals surface area contributed by atoms with E-state index in [4.69, 9.17) is 0 Å². The van der Waals surface area contributed by atoms with Crippen LogP contribution in [0.25, 0.3) is 22.0 Å². The van der Waals surface area contributed by atoms with Gasteiger partial charge in [-0.05, 0) is 17.0 Å². The number of rotatable bonds is 7. The van der Waals surface area contributed by atoms with Gasteiger partial charge in [0.05, 0.1) is 11.8 Å². The highest BCUT2D eigenvalue weighted by molar-refractivity contribution is 8.00. The maximum Gasteiger partial charge on any atom is 0.231 e. The maximum absolute atomic E-state index is 12.9. The second-order valence-electron chi connectivity index (χ2n) is 7.48. The van der Waals surface area contributed by atoms with Gasteiger partial charge >= 0.3 is 0 Å². The Morgan fingerprint density at radius 3 is 2.24 bits per heavy atom. The van der Waals surface area contributed by atoms with Crippen LogP contribution in [0, 0.1) is 0 Å². The number of hydrogen-bond donors (Lipinski definition) is 1. The van der Waals surface area contributed by atoms with E-state index in [1.807, 2.05) is 90.3 Å². The standard InChI is InChI=1S/C27H21N3OS2/c31-24(28-26(23-16-9-17-32-23)20-12-5-2-6-13-20)18-33-27-22-15-8-7-14-21(22)25(29-30-27)19-10-3-1-4-11-19/h1-17,26H,18H2,(H,28,31). The number of carbonyl (C=O) groups excluding carboxylic acids is 1. The SMILES string of the molecule is O=C(CSc1nnc(-c2ccccc2)c2ccccc12)NC(c1ccccc1)c1cccs1. The molecule has 5 aromatic rings. The van der Waals surface area contributed by atoms with Crippen molar-refractivity contribution < 1.29 is 4.79 Å². The molecule has 0 fully saturated rings. The van der Waals surface area contributed by atoms with Crippen molar-refractivity contribution in [2.75, 3.05) is 5.75 Å². The average molecular weight is 468 g/mol. The van der Waals surface area contributed by atoms with E-state index in [-0.39, 0.29) is 17.7 Å². The van der Waals surface area contributed by atoms with Gasteiger partial charge in [0.25, 0.3) is 0 Å². The predicted octanol–water partition coefficient (Wildman–Crippen LogP) is 6.36. The minimum Gasteiger partial charge on any atom is -0.344 e. The lowest BCUT2D eigenvalue weighted by Gasteiger charge is -2.18. The fraction of sp³-hybridized carbons (Fsp3) is 0.0741. The number of fused-ring (bicyclic) bond motifs is 1. The highest BCUT2D eigenvalue weighted by Crippen LogP contribution is 2.32. The predicted molar refractivity (Wildman–Crippen MR) is 136 cm³/mol. The number of hydrogen-bond acceptors (Lipinski definition) is 5. The van der Waals surface area contributed by atoms with Crippen LogP contribution in [0.4, 0.5) is 0 Å². The van der Waals surface area contributed by atoms with Gasteiger partial charge in [0, 0.05) is 21.2 Å². The Morgan fingerprint density at radius 1 is 0.818 bits per heavy atom. The van der Waals surface area contributed by atoms with Crippen LogP contribution >= 0.6 is 23.1 Å². The van der Waals surface area contributed by atoms with Crippen molar-refractivity contribution in [3.8, 4) is 11.3 Å². The molecule has 5 rings (SSSR count).